The number of nitrogens with two attached hydrogens (primary N) is 1. The van der Waals surface area contributed by atoms with E-state index in [1.165, 1.54) is 6.33 Å². The highest BCUT2D eigenvalue weighted by Crippen LogP contribution is 2.54. The lowest BCUT2D eigenvalue weighted by Crippen LogP contribution is -2.50. The molecule has 1 fully saturated rings. The normalized spacial score (nSPS) is 17.2. The Kier molecular flexibility index (Phi) is 8.44. The number of benzene rings is 1. The zero-order valence-corrected chi connectivity index (χ0v) is 23.8. The zero-order valence-electron chi connectivity index (χ0n) is 22.1. The molecular formula is C25H35ClN7O4P. The number of nitrogen functional groups attached to an aromatic ring is 1. The van der Waals surface area contributed by atoms with E-state index in [1.807, 2.05) is 42.7 Å². The number of ether oxygens (including phenoxy) is 2. The van der Waals surface area contributed by atoms with Gasteiger partial charge in [-0.05, 0) is 57.7 Å². The molecule has 4 N–H and O–H groups in total. The summed E-state index contributed by atoms with van der Waals surface area (Å²) in [6, 6.07) is 7.48. The van der Waals surface area contributed by atoms with Gasteiger partial charge in [0.1, 0.15) is 23.7 Å². The predicted molar refractivity (Wildman–Crippen MR) is 147 cm³/mol. The van der Waals surface area contributed by atoms with Gasteiger partial charge in [0.25, 0.3) is 0 Å². The summed E-state index contributed by atoms with van der Waals surface area (Å²) in [6.45, 7) is 7.79. The highest BCUT2D eigenvalue weighted by Gasteiger charge is 2.50. The Balaban J connectivity index is 1.52. The van der Waals surface area contributed by atoms with Crippen LogP contribution in [-0.4, -0.2) is 50.1 Å². The molecule has 0 radical (unpaired) electrons. The monoisotopic (exact) mass is 563 g/mol. The SMILES string of the molecule is CCCOC(=O)C(C)(C)N[P@@](=O)(CO[C@H](C)Cn1cnc2c(N)ncnc21)NC1(c2ccc(Cl)cc2)CC1. The van der Waals surface area contributed by atoms with E-state index in [4.69, 9.17) is 26.8 Å². The first-order chi connectivity index (χ1) is 18.0. The fourth-order valence-electron chi connectivity index (χ4n) is 4.26. The quantitative estimate of drug-likeness (QED) is 0.204. The summed E-state index contributed by atoms with van der Waals surface area (Å²) in [5.41, 5.74) is 6.26. The zero-order chi connectivity index (χ0) is 27.6. The van der Waals surface area contributed by atoms with Gasteiger partial charge in [-0.25, -0.2) is 25.1 Å². The third-order valence-corrected chi connectivity index (χ3v) is 8.85. The molecule has 13 heteroatoms. The smallest absolute Gasteiger partial charge is 0.326 e. The molecule has 0 aliphatic heterocycles. The number of nitrogens with zero attached hydrogens (tertiary/aromatic N) is 4. The van der Waals surface area contributed by atoms with Gasteiger partial charge < -0.3 is 19.8 Å². The first kappa shape index (κ1) is 28.4. The van der Waals surface area contributed by atoms with Crippen molar-refractivity contribution in [2.45, 2.75) is 70.7 Å². The number of anilines is 1. The lowest BCUT2D eigenvalue weighted by molar-refractivity contribution is -0.149. The summed E-state index contributed by atoms with van der Waals surface area (Å²) >= 11 is 6.09. The Labute approximate surface area is 227 Å². The number of imidazole rings is 1. The number of rotatable bonds is 13. The number of carbonyl (C=O) groups excluding carboxylic acids is 1. The molecule has 1 saturated carbocycles. The number of nitrogens with one attached hydrogen (secondary N) is 2. The largest absolute Gasteiger partial charge is 0.464 e. The fraction of sp³-hybridized carbons (Fsp3) is 0.520. The Bertz CT molecular complexity index is 1330. The maximum Gasteiger partial charge on any atom is 0.326 e. The molecule has 11 nitrogen and oxygen atoms in total. The molecule has 1 aromatic carbocycles. The van der Waals surface area contributed by atoms with Crippen molar-refractivity contribution >= 4 is 42.0 Å². The van der Waals surface area contributed by atoms with Crippen LogP contribution in [0, 0.1) is 0 Å². The van der Waals surface area contributed by atoms with Gasteiger partial charge in [0.05, 0.1) is 31.1 Å². The molecule has 2 heterocycles. The van der Waals surface area contributed by atoms with E-state index >= 15 is 0 Å². The van der Waals surface area contributed by atoms with E-state index in [9.17, 15) is 9.36 Å². The van der Waals surface area contributed by atoms with Crippen LogP contribution in [0.5, 0.6) is 0 Å². The topological polar surface area (TPSA) is 146 Å². The molecule has 0 saturated heterocycles. The second-order valence-electron chi connectivity index (χ2n) is 10.2. The Morgan fingerprint density at radius 3 is 2.63 bits per heavy atom. The summed E-state index contributed by atoms with van der Waals surface area (Å²) in [5.74, 6) is -0.178. The molecule has 1 aliphatic carbocycles. The van der Waals surface area contributed by atoms with Crippen molar-refractivity contribution in [1.82, 2.24) is 29.7 Å². The van der Waals surface area contributed by atoms with E-state index < -0.39 is 24.5 Å². The second kappa shape index (κ2) is 11.3. The van der Waals surface area contributed by atoms with Crippen molar-refractivity contribution in [3.05, 3.63) is 47.5 Å². The predicted octanol–water partition coefficient (Wildman–Crippen LogP) is 4.22. The average Bonchev–Trinajstić information content (AvgIpc) is 3.52. The number of esters is 1. The highest BCUT2D eigenvalue weighted by atomic mass is 35.5. The molecule has 4 rings (SSSR count). The van der Waals surface area contributed by atoms with Crippen molar-refractivity contribution in [2.24, 2.45) is 0 Å². The van der Waals surface area contributed by atoms with Gasteiger partial charge in [0.2, 0.25) is 7.44 Å². The Morgan fingerprint density at radius 2 is 1.97 bits per heavy atom. The Morgan fingerprint density at radius 1 is 1.26 bits per heavy atom. The van der Waals surface area contributed by atoms with E-state index in [1.54, 1.807) is 20.2 Å². The number of fused-ring (bicyclic) bond motifs is 1. The van der Waals surface area contributed by atoms with Gasteiger partial charge in [0.15, 0.2) is 11.5 Å². The molecule has 2 aromatic heterocycles. The maximum absolute atomic E-state index is 14.4. The van der Waals surface area contributed by atoms with Gasteiger partial charge in [-0.3, -0.25) is 9.36 Å². The first-order valence-corrected chi connectivity index (χ1v) is 14.9. The number of aromatic nitrogens is 4. The van der Waals surface area contributed by atoms with Crippen molar-refractivity contribution < 1.29 is 18.8 Å². The highest BCUT2D eigenvalue weighted by molar-refractivity contribution is 7.59. The first-order valence-electron chi connectivity index (χ1n) is 12.6. The number of carbonyl (C=O) groups is 1. The van der Waals surface area contributed by atoms with Crippen LogP contribution in [0.25, 0.3) is 11.2 Å². The molecule has 0 bridgehead atoms. The minimum absolute atomic E-state index is 0.155. The molecule has 206 valence electrons. The molecule has 3 aromatic rings. The van der Waals surface area contributed by atoms with Crippen molar-refractivity contribution in [3.8, 4) is 0 Å². The molecule has 2 atom stereocenters. The van der Waals surface area contributed by atoms with Gasteiger partial charge in [-0.15, -0.1) is 0 Å². The lowest BCUT2D eigenvalue weighted by Gasteiger charge is -2.34. The third kappa shape index (κ3) is 6.52. The van der Waals surface area contributed by atoms with Crippen LogP contribution >= 0.6 is 19.0 Å². The number of hydrogen-bond acceptors (Lipinski definition) is 8. The molecule has 0 amide bonds. The van der Waals surface area contributed by atoms with Gasteiger partial charge >= 0.3 is 5.97 Å². The maximum atomic E-state index is 14.4. The second-order valence-corrected chi connectivity index (χ2v) is 12.9. The van der Waals surface area contributed by atoms with E-state index in [0.29, 0.717) is 35.0 Å². The average molecular weight is 564 g/mol. The van der Waals surface area contributed by atoms with Crippen molar-refractivity contribution in [3.63, 3.8) is 0 Å². The van der Waals surface area contributed by atoms with Crippen molar-refractivity contribution in [2.75, 3.05) is 18.7 Å². The third-order valence-electron chi connectivity index (χ3n) is 6.37. The summed E-state index contributed by atoms with van der Waals surface area (Å²) in [4.78, 5) is 25.3. The molecule has 0 spiro atoms. The van der Waals surface area contributed by atoms with Gasteiger partial charge in [-0.1, -0.05) is 30.7 Å². The number of halogens is 1. The summed E-state index contributed by atoms with van der Waals surface area (Å²) in [6.07, 6.45) is 4.77. The van der Waals surface area contributed by atoms with Crippen LogP contribution in [0.15, 0.2) is 36.9 Å². The van der Waals surface area contributed by atoms with Crippen LogP contribution in [0.2, 0.25) is 5.02 Å². The minimum atomic E-state index is -3.49. The molecule has 0 unspecified atom stereocenters. The van der Waals surface area contributed by atoms with Crippen molar-refractivity contribution in [1.29, 1.82) is 0 Å². The fourth-order valence-corrected chi connectivity index (χ4v) is 7.08. The summed E-state index contributed by atoms with van der Waals surface area (Å²) in [7, 11) is -3.49. The van der Waals surface area contributed by atoms with E-state index in [2.05, 4.69) is 25.1 Å². The lowest BCUT2D eigenvalue weighted by atomic mass is 10.1. The van der Waals surface area contributed by atoms with Gasteiger partial charge in [0, 0.05) is 5.02 Å². The molecule has 1 aliphatic rings. The van der Waals surface area contributed by atoms with E-state index in [0.717, 1.165) is 18.4 Å². The molecule has 38 heavy (non-hydrogen) atoms. The minimum Gasteiger partial charge on any atom is -0.464 e. The number of hydrogen-bond donors (Lipinski definition) is 3. The van der Waals surface area contributed by atoms with Crippen LogP contribution < -0.4 is 15.9 Å². The summed E-state index contributed by atoms with van der Waals surface area (Å²) in [5, 5.41) is 7.04. The standard InChI is InChI=1S/C25H35ClN7O4P/c1-5-12-36-23(34)24(3,4)31-38(35,32-25(10-11-25)18-6-8-19(26)9-7-18)16-37-17(2)13-33-15-30-20-21(27)28-14-29-22(20)33/h6-9,14-15,17H,5,10-13,16H2,1-4H3,(H2,27,28,29)(H2,31,32,35)/t17-,38+/m1/s1. The molecular weight excluding hydrogens is 529 g/mol. The summed E-state index contributed by atoms with van der Waals surface area (Å²) < 4.78 is 27.7. The van der Waals surface area contributed by atoms with Crippen LogP contribution in [0.1, 0.15) is 52.5 Å². The van der Waals surface area contributed by atoms with Crippen LogP contribution in [0.3, 0.4) is 0 Å². The van der Waals surface area contributed by atoms with Crippen LogP contribution in [-0.2, 0) is 30.9 Å². The van der Waals surface area contributed by atoms with Crippen LogP contribution in [0.4, 0.5) is 5.82 Å². The van der Waals surface area contributed by atoms with Gasteiger partial charge in [-0.2, -0.15) is 0 Å². The van der Waals surface area contributed by atoms with E-state index in [-0.39, 0.29) is 19.1 Å². The Hall–Kier alpha value is -2.56.